The Balaban J connectivity index is 1.61. The van der Waals surface area contributed by atoms with Gasteiger partial charge in [0.15, 0.2) is 0 Å². The van der Waals surface area contributed by atoms with E-state index in [-0.39, 0.29) is 5.69 Å². The highest BCUT2D eigenvalue weighted by Crippen LogP contribution is 2.39. The van der Waals surface area contributed by atoms with Gasteiger partial charge in [-0.15, -0.1) is 5.10 Å². The normalized spacial score (nSPS) is 26.8. The zero-order valence-electron chi connectivity index (χ0n) is 15.0. The van der Waals surface area contributed by atoms with Crippen LogP contribution in [0.25, 0.3) is 11.4 Å². The molecule has 4 rings (SSSR count). The standard InChI is InChI=1S/C17H15Cl2FN4O4S2/c18-8-2-1-7(3-9(8)19)30-16-15(27)13(14(26)12(5-25)28-16)24-4-10(22-23-24)11-6-29-17(20)21-11/h1-4,6,12-16,25-27H,5H2. The highest BCUT2D eigenvalue weighted by Gasteiger charge is 2.46. The number of halogens is 3. The van der Waals surface area contributed by atoms with Crippen molar-refractivity contribution in [1.82, 2.24) is 20.0 Å². The molecule has 5 atom stereocenters. The summed E-state index contributed by atoms with van der Waals surface area (Å²) >= 11 is 14.0. The zero-order chi connectivity index (χ0) is 21.4. The minimum atomic E-state index is -1.27. The number of hydrogen-bond donors (Lipinski definition) is 3. The van der Waals surface area contributed by atoms with Crippen LogP contribution in [0.1, 0.15) is 6.04 Å². The highest BCUT2D eigenvalue weighted by atomic mass is 35.5. The number of aliphatic hydroxyl groups excluding tert-OH is 3. The first-order valence-electron chi connectivity index (χ1n) is 8.64. The molecule has 0 spiro atoms. The molecule has 0 radical (unpaired) electrons. The number of rotatable bonds is 5. The van der Waals surface area contributed by atoms with Crippen LogP contribution >= 0.6 is 46.3 Å². The van der Waals surface area contributed by atoms with Crippen molar-refractivity contribution in [3.63, 3.8) is 0 Å². The average molecular weight is 493 g/mol. The maximum Gasteiger partial charge on any atom is 0.269 e. The van der Waals surface area contributed by atoms with Gasteiger partial charge in [0.2, 0.25) is 0 Å². The third-order valence-electron chi connectivity index (χ3n) is 4.55. The van der Waals surface area contributed by atoms with E-state index in [0.717, 1.165) is 23.1 Å². The second-order valence-electron chi connectivity index (χ2n) is 6.46. The van der Waals surface area contributed by atoms with Gasteiger partial charge in [-0.25, -0.2) is 9.67 Å². The lowest BCUT2D eigenvalue weighted by Crippen LogP contribution is -2.55. The first-order valence-corrected chi connectivity index (χ1v) is 11.2. The zero-order valence-corrected chi connectivity index (χ0v) is 18.1. The number of ether oxygens (including phenoxy) is 1. The first kappa shape index (κ1) is 21.9. The van der Waals surface area contributed by atoms with Gasteiger partial charge >= 0.3 is 0 Å². The average Bonchev–Trinajstić information content (AvgIpc) is 3.36. The Kier molecular flexibility index (Phi) is 6.61. The number of aromatic nitrogens is 4. The summed E-state index contributed by atoms with van der Waals surface area (Å²) in [5, 5.41) is 40.8. The van der Waals surface area contributed by atoms with Crippen LogP contribution in [0.2, 0.25) is 10.0 Å². The molecule has 0 saturated carbocycles. The molecule has 1 saturated heterocycles. The van der Waals surface area contributed by atoms with E-state index in [0.29, 0.717) is 20.6 Å². The molecule has 3 aromatic rings. The molecule has 1 aliphatic heterocycles. The van der Waals surface area contributed by atoms with Gasteiger partial charge in [-0.3, -0.25) is 0 Å². The van der Waals surface area contributed by atoms with Crippen LogP contribution in [0.15, 0.2) is 34.7 Å². The molecule has 8 nitrogen and oxygen atoms in total. The summed E-state index contributed by atoms with van der Waals surface area (Å²) < 4.78 is 20.2. The van der Waals surface area contributed by atoms with Crippen molar-refractivity contribution in [2.24, 2.45) is 0 Å². The summed E-state index contributed by atoms with van der Waals surface area (Å²) in [7, 11) is 0. The molecule has 5 unspecified atom stereocenters. The number of hydrogen-bond acceptors (Lipinski definition) is 9. The van der Waals surface area contributed by atoms with Crippen molar-refractivity contribution >= 4 is 46.3 Å². The van der Waals surface area contributed by atoms with Gasteiger partial charge in [0.25, 0.3) is 5.26 Å². The fourth-order valence-electron chi connectivity index (χ4n) is 3.07. The molecule has 3 heterocycles. The van der Waals surface area contributed by atoms with Gasteiger partial charge in [0.1, 0.15) is 41.2 Å². The largest absolute Gasteiger partial charge is 0.394 e. The monoisotopic (exact) mass is 492 g/mol. The van der Waals surface area contributed by atoms with Crippen LogP contribution in [-0.4, -0.2) is 65.7 Å². The quantitative estimate of drug-likeness (QED) is 0.497. The van der Waals surface area contributed by atoms with E-state index >= 15 is 0 Å². The third-order valence-corrected chi connectivity index (χ3v) is 7.06. The molecule has 30 heavy (non-hydrogen) atoms. The molecular formula is C17H15Cl2FN4O4S2. The Morgan fingerprint density at radius 3 is 2.67 bits per heavy atom. The van der Waals surface area contributed by atoms with Crippen LogP contribution in [0.5, 0.6) is 0 Å². The summed E-state index contributed by atoms with van der Waals surface area (Å²) in [5.74, 6) is 0. The third kappa shape index (κ3) is 4.34. The first-order chi connectivity index (χ1) is 14.4. The highest BCUT2D eigenvalue weighted by molar-refractivity contribution is 7.99. The number of benzene rings is 1. The minimum absolute atomic E-state index is 0.287. The molecule has 160 valence electrons. The van der Waals surface area contributed by atoms with Crippen molar-refractivity contribution in [2.45, 2.75) is 34.7 Å². The maximum atomic E-state index is 13.2. The predicted molar refractivity (Wildman–Crippen MR) is 110 cm³/mol. The fourth-order valence-corrected chi connectivity index (χ4v) is 5.07. The van der Waals surface area contributed by atoms with Crippen molar-refractivity contribution in [2.75, 3.05) is 6.61 Å². The van der Waals surface area contributed by atoms with Gasteiger partial charge in [0, 0.05) is 10.3 Å². The van der Waals surface area contributed by atoms with Crippen LogP contribution < -0.4 is 0 Å². The minimum Gasteiger partial charge on any atom is -0.394 e. The number of nitrogens with zero attached hydrogens (tertiary/aromatic N) is 4. The predicted octanol–water partition coefficient (Wildman–Crippen LogP) is 2.62. The molecule has 3 N–H and O–H groups in total. The Morgan fingerprint density at radius 2 is 2.00 bits per heavy atom. The SMILES string of the molecule is OCC1OC(Sc2ccc(Cl)c(Cl)c2)C(O)C(n2cc(-c3csc(F)n3)nn2)C1O. The summed E-state index contributed by atoms with van der Waals surface area (Å²) in [4.78, 5) is 4.39. The molecule has 2 aromatic heterocycles. The van der Waals surface area contributed by atoms with Crippen molar-refractivity contribution < 1.29 is 24.4 Å². The summed E-state index contributed by atoms with van der Waals surface area (Å²) in [6, 6.07) is 3.99. The van der Waals surface area contributed by atoms with E-state index in [1.807, 2.05) is 0 Å². The Morgan fingerprint density at radius 1 is 1.20 bits per heavy atom. The molecule has 13 heteroatoms. The lowest BCUT2D eigenvalue weighted by molar-refractivity contribution is -0.178. The summed E-state index contributed by atoms with van der Waals surface area (Å²) in [6.45, 7) is -0.471. The van der Waals surface area contributed by atoms with Gasteiger partial charge < -0.3 is 20.1 Å². The second-order valence-corrected chi connectivity index (χ2v) is 9.25. The molecule has 1 aromatic carbocycles. The van der Waals surface area contributed by atoms with E-state index in [4.69, 9.17) is 27.9 Å². The second kappa shape index (κ2) is 9.05. The fraction of sp³-hybridized carbons (Fsp3) is 0.353. The Bertz CT molecular complexity index is 1040. The topological polar surface area (TPSA) is 114 Å². The van der Waals surface area contributed by atoms with Crippen LogP contribution in [0.3, 0.4) is 0 Å². The van der Waals surface area contributed by atoms with Crippen LogP contribution in [0.4, 0.5) is 4.39 Å². The Labute approximate surface area is 188 Å². The molecular weight excluding hydrogens is 478 g/mol. The smallest absolute Gasteiger partial charge is 0.269 e. The van der Waals surface area contributed by atoms with E-state index in [1.165, 1.54) is 16.3 Å². The number of aliphatic hydroxyl groups is 3. The van der Waals surface area contributed by atoms with E-state index in [9.17, 15) is 19.7 Å². The molecule has 0 bridgehead atoms. The number of thioether (sulfide) groups is 1. The van der Waals surface area contributed by atoms with Crippen molar-refractivity contribution in [3.8, 4) is 11.4 Å². The van der Waals surface area contributed by atoms with Gasteiger partial charge in [-0.05, 0) is 18.2 Å². The van der Waals surface area contributed by atoms with Crippen LogP contribution in [0, 0.1) is 5.26 Å². The number of thiazole rings is 1. The van der Waals surface area contributed by atoms with Gasteiger partial charge in [-0.2, -0.15) is 4.39 Å². The molecule has 0 aliphatic carbocycles. The summed E-state index contributed by atoms with van der Waals surface area (Å²) in [6.07, 6.45) is -2.00. The van der Waals surface area contributed by atoms with E-state index in [1.54, 1.807) is 18.2 Å². The lowest BCUT2D eigenvalue weighted by atomic mass is 9.97. The Hall–Kier alpha value is -1.31. The van der Waals surface area contributed by atoms with Gasteiger partial charge in [0.05, 0.1) is 22.8 Å². The van der Waals surface area contributed by atoms with Crippen LogP contribution in [-0.2, 0) is 4.74 Å². The molecule has 1 aliphatic rings. The molecule has 0 amide bonds. The lowest BCUT2D eigenvalue weighted by Gasteiger charge is -2.41. The van der Waals surface area contributed by atoms with Crippen molar-refractivity contribution in [1.29, 1.82) is 0 Å². The van der Waals surface area contributed by atoms with Crippen molar-refractivity contribution in [3.05, 3.63) is 45.1 Å². The summed E-state index contributed by atoms with van der Waals surface area (Å²) in [5.41, 5.74) is -0.271. The van der Waals surface area contributed by atoms with E-state index < -0.39 is 41.7 Å². The van der Waals surface area contributed by atoms with E-state index in [2.05, 4.69) is 15.3 Å². The maximum absolute atomic E-state index is 13.2. The van der Waals surface area contributed by atoms with Gasteiger partial charge in [-0.1, -0.05) is 51.5 Å². The molecule has 1 fully saturated rings.